The van der Waals surface area contributed by atoms with Crippen LogP contribution in [-0.2, 0) is 14.2 Å². The Morgan fingerprint density at radius 3 is 2.56 bits per heavy atom. The Morgan fingerprint density at radius 2 is 2.06 bits per heavy atom. The van der Waals surface area contributed by atoms with Gasteiger partial charge in [-0.2, -0.15) is 0 Å². The van der Waals surface area contributed by atoms with Gasteiger partial charge < -0.3 is 19.3 Å². The van der Waals surface area contributed by atoms with Crippen molar-refractivity contribution in [2.75, 3.05) is 6.61 Å². The number of carbonyl (C=O) groups is 2. The first-order valence-electron chi connectivity index (χ1n) is 4.56. The molecule has 0 fully saturated rings. The minimum absolute atomic E-state index is 0.0412. The van der Waals surface area contributed by atoms with Crippen molar-refractivity contribution in [3.8, 4) is 0 Å². The quantitative estimate of drug-likeness (QED) is 0.313. The summed E-state index contributed by atoms with van der Waals surface area (Å²) in [6.07, 6.45) is 0.458. The summed E-state index contributed by atoms with van der Waals surface area (Å²) in [5.41, 5.74) is 0. The second-order valence-electron chi connectivity index (χ2n) is 2.68. The molecule has 0 aromatic carbocycles. The molecule has 0 aliphatic carbocycles. The van der Waals surface area contributed by atoms with Gasteiger partial charge in [-0.25, -0.2) is 9.59 Å². The van der Waals surface area contributed by atoms with Gasteiger partial charge in [-0.3, -0.25) is 0 Å². The molecular formula is C10H14O6. The Bertz CT molecular complexity index is 260. The summed E-state index contributed by atoms with van der Waals surface area (Å²) >= 11 is 0. The highest BCUT2D eigenvalue weighted by Crippen LogP contribution is 2.05. The highest BCUT2D eigenvalue weighted by atomic mass is 16.7. The zero-order chi connectivity index (χ0) is 12.4. The first kappa shape index (κ1) is 14.0. The van der Waals surface area contributed by atoms with E-state index in [1.807, 2.05) is 0 Å². The lowest BCUT2D eigenvalue weighted by molar-refractivity contribution is 0.0536. The van der Waals surface area contributed by atoms with Crippen LogP contribution < -0.4 is 0 Å². The summed E-state index contributed by atoms with van der Waals surface area (Å²) < 4.78 is 13.4. The van der Waals surface area contributed by atoms with Crippen molar-refractivity contribution in [1.82, 2.24) is 0 Å². The molecule has 0 aromatic heterocycles. The van der Waals surface area contributed by atoms with Crippen LogP contribution in [0.3, 0.4) is 0 Å². The minimum atomic E-state index is -1.33. The summed E-state index contributed by atoms with van der Waals surface area (Å²) in [5, 5.41) is 8.19. The molecule has 0 rings (SSSR count). The van der Waals surface area contributed by atoms with Gasteiger partial charge in [0.2, 0.25) is 0 Å². The summed E-state index contributed by atoms with van der Waals surface area (Å²) in [6, 6.07) is 0. The van der Waals surface area contributed by atoms with Crippen molar-refractivity contribution >= 4 is 12.3 Å². The van der Waals surface area contributed by atoms with Crippen molar-refractivity contribution < 1.29 is 28.9 Å². The fraction of sp³-hybridized carbons (Fsp3) is 0.400. The fourth-order valence-corrected chi connectivity index (χ4v) is 0.888. The zero-order valence-electron chi connectivity index (χ0n) is 8.76. The highest BCUT2D eigenvalue weighted by molar-refractivity contribution is 5.61. The molecule has 0 radical (unpaired) electrons. The standard InChI is InChI=1S/C10H14O6/c1-3-8(16-10(13)14-4-2)6-5-7-15-9(11)12/h3-4,8H,1-2,5-7H2,(H,11,12). The monoisotopic (exact) mass is 230 g/mol. The summed E-state index contributed by atoms with van der Waals surface area (Å²) in [6.45, 7) is 6.71. The van der Waals surface area contributed by atoms with E-state index in [1.54, 1.807) is 0 Å². The number of rotatable bonds is 7. The number of ether oxygens (including phenoxy) is 3. The maximum Gasteiger partial charge on any atom is 0.513 e. The summed E-state index contributed by atoms with van der Waals surface area (Å²) in [4.78, 5) is 20.9. The van der Waals surface area contributed by atoms with E-state index in [9.17, 15) is 9.59 Å². The Hall–Kier alpha value is -1.98. The largest absolute Gasteiger partial charge is 0.513 e. The van der Waals surface area contributed by atoms with Gasteiger partial charge in [0.05, 0.1) is 12.9 Å². The van der Waals surface area contributed by atoms with Gasteiger partial charge in [-0.05, 0) is 12.8 Å². The maximum absolute atomic E-state index is 10.9. The van der Waals surface area contributed by atoms with Crippen LogP contribution in [-0.4, -0.2) is 30.1 Å². The van der Waals surface area contributed by atoms with Crippen LogP contribution in [0.4, 0.5) is 9.59 Å². The van der Waals surface area contributed by atoms with Crippen molar-refractivity contribution in [2.24, 2.45) is 0 Å². The van der Waals surface area contributed by atoms with E-state index in [-0.39, 0.29) is 6.61 Å². The molecule has 0 spiro atoms. The Morgan fingerprint density at radius 1 is 1.38 bits per heavy atom. The normalized spacial score (nSPS) is 11.0. The molecule has 0 aliphatic rings. The maximum atomic E-state index is 10.9. The molecule has 16 heavy (non-hydrogen) atoms. The predicted octanol–water partition coefficient (Wildman–Crippen LogP) is 2.31. The second-order valence-corrected chi connectivity index (χ2v) is 2.68. The Labute approximate surface area is 93.1 Å². The predicted molar refractivity (Wildman–Crippen MR) is 55.0 cm³/mol. The van der Waals surface area contributed by atoms with Crippen LogP contribution in [0.2, 0.25) is 0 Å². The van der Waals surface area contributed by atoms with Gasteiger partial charge in [-0.1, -0.05) is 19.2 Å². The van der Waals surface area contributed by atoms with Gasteiger partial charge >= 0.3 is 12.3 Å². The lowest BCUT2D eigenvalue weighted by atomic mass is 10.2. The topological polar surface area (TPSA) is 82.1 Å². The van der Waals surface area contributed by atoms with E-state index < -0.39 is 18.4 Å². The van der Waals surface area contributed by atoms with Crippen LogP contribution >= 0.6 is 0 Å². The van der Waals surface area contributed by atoms with Crippen molar-refractivity contribution in [2.45, 2.75) is 18.9 Å². The fourth-order valence-electron chi connectivity index (χ4n) is 0.888. The van der Waals surface area contributed by atoms with Crippen LogP contribution in [0.15, 0.2) is 25.5 Å². The van der Waals surface area contributed by atoms with E-state index in [4.69, 9.17) is 9.84 Å². The Balaban J connectivity index is 3.74. The van der Waals surface area contributed by atoms with Crippen LogP contribution in [0, 0.1) is 0 Å². The molecule has 0 aliphatic heterocycles. The average molecular weight is 230 g/mol. The van der Waals surface area contributed by atoms with Crippen LogP contribution in [0.1, 0.15) is 12.8 Å². The third-order valence-corrected chi connectivity index (χ3v) is 1.55. The summed E-state index contributed by atoms with van der Waals surface area (Å²) in [5.74, 6) is 0. The van der Waals surface area contributed by atoms with Crippen molar-refractivity contribution in [3.63, 3.8) is 0 Å². The molecule has 1 unspecified atom stereocenters. The third kappa shape index (κ3) is 7.43. The number of hydrogen-bond acceptors (Lipinski definition) is 5. The summed E-state index contributed by atoms with van der Waals surface area (Å²) in [7, 11) is 0. The van der Waals surface area contributed by atoms with Crippen molar-refractivity contribution in [1.29, 1.82) is 0 Å². The lowest BCUT2D eigenvalue weighted by Gasteiger charge is -2.12. The molecule has 0 amide bonds. The van der Waals surface area contributed by atoms with E-state index in [0.717, 1.165) is 6.26 Å². The van der Waals surface area contributed by atoms with Gasteiger partial charge in [0.1, 0.15) is 6.10 Å². The van der Waals surface area contributed by atoms with E-state index >= 15 is 0 Å². The molecule has 6 nitrogen and oxygen atoms in total. The Kier molecular flexibility index (Phi) is 7.31. The van der Waals surface area contributed by atoms with Gasteiger partial charge in [-0.15, -0.1) is 0 Å². The smallest absolute Gasteiger partial charge is 0.450 e. The molecule has 6 heteroatoms. The molecule has 90 valence electrons. The number of carboxylic acid groups (broad SMARTS) is 1. The van der Waals surface area contributed by atoms with Gasteiger partial charge in [0.25, 0.3) is 0 Å². The SMILES string of the molecule is C=COC(=O)OC(C=C)CCCOC(=O)O. The molecule has 0 bridgehead atoms. The van der Waals surface area contributed by atoms with E-state index in [0.29, 0.717) is 12.8 Å². The molecule has 1 N–H and O–H groups in total. The zero-order valence-corrected chi connectivity index (χ0v) is 8.76. The molecular weight excluding hydrogens is 216 g/mol. The van der Waals surface area contributed by atoms with Gasteiger partial charge in [0.15, 0.2) is 0 Å². The molecule has 0 aromatic rings. The third-order valence-electron chi connectivity index (χ3n) is 1.55. The average Bonchev–Trinajstić information content (AvgIpc) is 2.22. The highest BCUT2D eigenvalue weighted by Gasteiger charge is 2.11. The minimum Gasteiger partial charge on any atom is -0.450 e. The first-order valence-corrected chi connectivity index (χ1v) is 4.56. The first-order chi connectivity index (χ1) is 7.60. The number of hydrogen-bond donors (Lipinski definition) is 1. The van der Waals surface area contributed by atoms with Crippen LogP contribution in [0.25, 0.3) is 0 Å². The van der Waals surface area contributed by atoms with Crippen molar-refractivity contribution in [3.05, 3.63) is 25.5 Å². The van der Waals surface area contributed by atoms with Crippen LogP contribution in [0.5, 0.6) is 0 Å². The van der Waals surface area contributed by atoms with Gasteiger partial charge in [0, 0.05) is 0 Å². The van der Waals surface area contributed by atoms with E-state index in [2.05, 4.69) is 22.6 Å². The molecule has 0 saturated carbocycles. The second kappa shape index (κ2) is 8.34. The molecule has 0 saturated heterocycles. The number of carbonyl (C=O) groups excluding carboxylic acids is 1. The molecule has 0 heterocycles. The molecule has 1 atom stereocenters. The van der Waals surface area contributed by atoms with E-state index in [1.165, 1.54) is 6.08 Å². The lowest BCUT2D eigenvalue weighted by Crippen LogP contribution is -2.16.